The van der Waals surface area contributed by atoms with Crippen LogP contribution in [0.3, 0.4) is 0 Å². The first-order valence-electron chi connectivity index (χ1n) is 9.19. The minimum absolute atomic E-state index is 0.108. The number of pyridine rings is 1. The molecule has 0 spiro atoms. The Morgan fingerprint density at radius 2 is 1.69 bits per heavy atom. The summed E-state index contributed by atoms with van der Waals surface area (Å²) in [5.74, 6) is -1.10. The van der Waals surface area contributed by atoms with E-state index < -0.39 is 37.5 Å². The van der Waals surface area contributed by atoms with Gasteiger partial charge in [-0.15, -0.1) is 0 Å². The summed E-state index contributed by atoms with van der Waals surface area (Å²) < 4.78 is 84.1. The number of H-pyrrole nitrogens is 1. The lowest BCUT2D eigenvalue weighted by Crippen LogP contribution is -2.28. The van der Waals surface area contributed by atoms with E-state index in [1.54, 1.807) is 25.1 Å². The molecule has 3 aromatic rings. The highest BCUT2D eigenvalue weighted by molar-refractivity contribution is 6.03. The molecule has 172 valence electrons. The number of hydrogen-bond acceptors (Lipinski definition) is 4. The second-order valence-electron chi connectivity index (χ2n) is 6.80. The zero-order valence-corrected chi connectivity index (χ0v) is 16.5. The summed E-state index contributed by atoms with van der Waals surface area (Å²) >= 11 is 0. The molecular formula is C20H17F6N3O3. The van der Waals surface area contributed by atoms with Crippen molar-refractivity contribution in [2.45, 2.75) is 25.3 Å². The Kier molecular flexibility index (Phi) is 6.51. The van der Waals surface area contributed by atoms with Crippen molar-refractivity contribution < 1.29 is 40.6 Å². The number of aromatic amines is 1. The molecule has 1 atom stereocenters. The van der Waals surface area contributed by atoms with Crippen LogP contribution in [0.2, 0.25) is 0 Å². The van der Waals surface area contributed by atoms with Crippen LogP contribution in [-0.2, 0) is 0 Å². The van der Waals surface area contributed by atoms with Crippen molar-refractivity contribution in [1.82, 2.24) is 15.3 Å². The summed E-state index contributed by atoms with van der Waals surface area (Å²) in [6.45, 7) is -1.50. The second kappa shape index (κ2) is 8.97. The number of hydrogen-bond donors (Lipinski definition) is 2. The third-order valence-electron chi connectivity index (χ3n) is 4.22. The molecule has 0 aliphatic carbocycles. The average Bonchev–Trinajstić information content (AvgIpc) is 3.09. The Bertz CT molecular complexity index is 1080. The van der Waals surface area contributed by atoms with Crippen LogP contribution in [0.15, 0.2) is 42.6 Å². The molecule has 3 rings (SSSR count). The van der Waals surface area contributed by atoms with Crippen LogP contribution in [-0.4, -0.2) is 41.4 Å². The predicted molar refractivity (Wildman–Crippen MR) is 102 cm³/mol. The van der Waals surface area contributed by atoms with E-state index in [1.807, 2.05) is 0 Å². The molecule has 1 aromatic carbocycles. The quantitative estimate of drug-likeness (QED) is 0.489. The van der Waals surface area contributed by atoms with Gasteiger partial charge in [-0.05, 0) is 31.2 Å². The van der Waals surface area contributed by atoms with E-state index >= 15 is 0 Å². The van der Waals surface area contributed by atoms with Gasteiger partial charge in [-0.25, -0.2) is 0 Å². The number of benzene rings is 1. The number of halogens is 6. The number of amides is 1. The fourth-order valence-electron chi connectivity index (χ4n) is 2.82. The largest absolute Gasteiger partial charge is 0.483 e. The topological polar surface area (TPSA) is 76.2 Å². The summed E-state index contributed by atoms with van der Waals surface area (Å²) in [4.78, 5) is 19.5. The third-order valence-corrected chi connectivity index (χ3v) is 4.22. The van der Waals surface area contributed by atoms with Gasteiger partial charge in [-0.1, -0.05) is 12.1 Å². The Labute approximate surface area is 177 Å². The molecule has 1 amide bonds. The maximum absolute atomic E-state index is 12.7. The van der Waals surface area contributed by atoms with Crippen molar-refractivity contribution in [1.29, 1.82) is 0 Å². The van der Waals surface area contributed by atoms with Crippen molar-refractivity contribution >= 4 is 16.8 Å². The number of carbonyl (C=O) groups excluding carboxylic acids is 1. The molecule has 2 aromatic heterocycles. The summed E-state index contributed by atoms with van der Waals surface area (Å²) in [6.07, 6.45) is -8.02. The molecule has 0 bridgehead atoms. The van der Waals surface area contributed by atoms with Gasteiger partial charge in [0.1, 0.15) is 11.4 Å². The van der Waals surface area contributed by atoms with Crippen molar-refractivity contribution in [2.24, 2.45) is 0 Å². The smallest absolute Gasteiger partial charge is 0.422 e. The number of nitrogens with one attached hydrogen (secondary N) is 2. The highest BCUT2D eigenvalue weighted by Gasteiger charge is 2.31. The number of aromatic nitrogens is 2. The first-order chi connectivity index (χ1) is 14.9. The van der Waals surface area contributed by atoms with Crippen LogP contribution in [0.25, 0.3) is 10.9 Å². The standard InChI is InChI=1S/C20H17F6N3O3/c1-11(14-7-6-12(8-27-14)31-9-19(21,22)23)28-18(30)16-17(32-10-20(24,25)26)13-4-2-3-5-15(13)29-16/h2-8,11,29H,9-10H2,1H3,(H,28,30)/t11-/m1/s1. The van der Waals surface area contributed by atoms with Gasteiger partial charge in [-0.3, -0.25) is 9.78 Å². The van der Waals surface area contributed by atoms with E-state index in [0.29, 0.717) is 16.6 Å². The van der Waals surface area contributed by atoms with E-state index in [0.717, 1.165) is 6.20 Å². The van der Waals surface area contributed by atoms with E-state index in [4.69, 9.17) is 4.74 Å². The molecule has 0 unspecified atom stereocenters. The molecule has 0 aliphatic rings. The minimum Gasteiger partial charge on any atom is -0.483 e. The van der Waals surface area contributed by atoms with Crippen LogP contribution in [0.4, 0.5) is 26.3 Å². The minimum atomic E-state index is -4.60. The lowest BCUT2D eigenvalue weighted by molar-refractivity contribution is -0.154. The second-order valence-corrected chi connectivity index (χ2v) is 6.80. The van der Waals surface area contributed by atoms with E-state index in [2.05, 4.69) is 20.0 Å². The molecule has 0 aliphatic heterocycles. The average molecular weight is 461 g/mol. The monoisotopic (exact) mass is 461 g/mol. The molecule has 2 N–H and O–H groups in total. The van der Waals surface area contributed by atoms with E-state index in [9.17, 15) is 31.1 Å². The number of para-hydroxylation sites is 1. The summed E-state index contributed by atoms with van der Waals surface area (Å²) in [5, 5.41) is 2.88. The lowest BCUT2D eigenvalue weighted by atomic mass is 10.2. The zero-order chi connectivity index (χ0) is 23.5. The van der Waals surface area contributed by atoms with Gasteiger partial charge in [0.05, 0.1) is 17.9 Å². The summed E-state index contributed by atoms with van der Waals surface area (Å²) in [5.41, 5.74) is 0.505. The molecule has 6 nitrogen and oxygen atoms in total. The Morgan fingerprint density at radius 1 is 1.03 bits per heavy atom. The number of ether oxygens (including phenoxy) is 2. The van der Waals surface area contributed by atoms with Gasteiger partial charge < -0.3 is 19.8 Å². The van der Waals surface area contributed by atoms with Gasteiger partial charge in [-0.2, -0.15) is 26.3 Å². The van der Waals surface area contributed by atoms with Gasteiger partial charge in [0.15, 0.2) is 19.0 Å². The molecule has 2 heterocycles. The van der Waals surface area contributed by atoms with Crippen LogP contribution in [0, 0.1) is 0 Å². The van der Waals surface area contributed by atoms with Crippen molar-refractivity contribution in [3.8, 4) is 11.5 Å². The molecule has 0 saturated heterocycles. The fraction of sp³-hybridized carbons (Fsp3) is 0.300. The Morgan fingerprint density at radius 3 is 2.31 bits per heavy atom. The normalized spacial score (nSPS) is 13.1. The zero-order valence-electron chi connectivity index (χ0n) is 16.5. The van der Waals surface area contributed by atoms with E-state index in [1.165, 1.54) is 18.2 Å². The van der Waals surface area contributed by atoms with Gasteiger partial charge in [0.2, 0.25) is 0 Å². The van der Waals surface area contributed by atoms with Crippen LogP contribution >= 0.6 is 0 Å². The number of carbonyl (C=O) groups is 1. The van der Waals surface area contributed by atoms with Crippen molar-refractivity contribution in [3.05, 3.63) is 54.0 Å². The molecule has 0 fully saturated rings. The third kappa shape index (κ3) is 6.05. The first kappa shape index (κ1) is 23.2. The number of rotatable bonds is 7. The molecule has 0 saturated carbocycles. The molecule has 0 radical (unpaired) electrons. The lowest BCUT2D eigenvalue weighted by Gasteiger charge is -2.15. The Balaban J connectivity index is 1.75. The highest BCUT2D eigenvalue weighted by atomic mass is 19.4. The maximum atomic E-state index is 12.7. The molecular weight excluding hydrogens is 444 g/mol. The van der Waals surface area contributed by atoms with Crippen LogP contribution < -0.4 is 14.8 Å². The number of alkyl halides is 6. The van der Waals surface area contributed by atoms with Crippen molar-refractivity contribution in [3.63, 3.8) is 0 Å². The van der Waals surface area contributed by atoms with Crippen LogP contribution in [0.1, 0.15) is 29.1 Å². The fourth-order valence-corrected chi connectivity index (χ4v) is 2.82. The molecule has 32 heavy (non-hydrogen) atoms. The van der Waals surface area contributed by atoms with E-state index in [-0.39, 0.29) is 17.2 Å². The first-order valence-corrected chi connectivity index (χ1v) is 9.19. The number of fused-ring (bicyclic) bond motifs is 1. The highest BCUT2D eigenvalue weighted by Crippen LogP contribution is 2.32. The van der Waals surface area contributed by atoms with Gasteiger partial charge >= 0.3 is 12.4 Å². The summed E-state index contributed by atoms with van der Waals surface area (Å²) in [7, 11) is 0. The van der Waals surface area contributed by atoms with Gasteiger partial charge in [0, 0.05) is 10.9 Å². The Hall–Kier alpha value is -3.44. The SMILES string of the molecule is C[C@@H](NC(=O)c1[nH]c2ccccc2c1OCC(F)(F)F)c1ccc(OCC(F)(F)F)cn1. The van der Waals surface area contributed by atoms with Crippen LogP contribution in [0.5, 0.6) is 11.5 Å². The molecule has 12 heteroatoms. The number of nitrogens with zero attached hydrogens (tertiary/aromatic N) is 1. The summed E-state index contributed by atoms with van der Waals surface area (Å²) in [6, 6.07) is 8.23. The van der Waals surface area contributed by atoms with Crippen molar-refractivity contribution in [2.75, 3.05) is 13.2 Å². The predicted octanol–water partition coefficient (Wildman–Crippen LogP) is 4.94. The van der Waals surface area contributed by atoms with Gasteiger partial charge in [0.25, 0.3) is 5.91 Å². The maximum Gasteiger partial charge on any atom is 0.422 e.